The number of nitrogens with zero attached hydrogens (tertiary/aromatic N) is 1. The number of aryl methyl sites for hydroxylation is 2. The van der Waals surface area contributed by atoms with Crippen LogP contribution in [0.4, 0.5) is 11.4 Å². The summed E-state index contributed by atoms with van der Waals surface area (Å²) in [6.45, 7) is 5.10. The highest BCUT2D eigenvalue weighted by Crippen LogP contribution is 2.35. The van der Waals surface area contributed by atoms with E-state index in [1.165, 1.54) is 0 Å². The van der Waals surface area contributed by atoms with Crippen LogP contribution >= 0.6 is 0 Å². The van der Waals surface area contributed by atoms with Gasteiger partial charge in [-0.25, -0.2) is 0 Å². The summed E-state index contributed by atoms with van der Waals surface area (Å²) < 4.78 is 17.1. The lowest BCUT2D eigenvalue weighted by molar-refractivity contribution is -0.121. The highest BCUT2D eigenvalue weighted by atomic mass is 16.5. The third-order valence-corrected chi connectivity index (χ3v) is 5.99. The fraction of sp³-hybridized carbons (Fsp3) is 0.310. The Morgan fingerprint density at radius 3 is 2.72 bits per heavy atom. The molecule has 1 N–H and O–H groups in total. The number of amides is 2. The lowest BCUT2D eigenvalue weighted by Gasteiger charge is -2.30. The number of carbonyl (C=O) groups excluding carboxylic acids is 2. The van der Waals surface area contributed by atoms with Crippen LogP contribution in [0.25, 0.3) is 0 Å². The van der Waals surface area contributed by atoms with E-state index in [9.17, 15) is 9.59 Å². The van der Waals surface area contributed by atoms with Crippen LogP contribution < -0.4 is 24.4 Å². The van der Waals surface area contributed by atoms with Crippen LogP contribution in [0.1, 0.15) is 30.9 Å². The van der Waals surface area contributed by atoms with Gasteiger partial charge in [-0.3, -0.25) is 9.59 Å². The van der Waals surface area contributed by atoms with Gasteiger partial charge in [-0.15, -0.1) is 0 Å². The van der Waals surface area contributed by atoms with Gasteiger partial charge in [-0.1, -0.05) is 37.3 Å². The maximum atomic E-state index is 12.6. The third-order valence-electron chi connectivity index (χ3n) is 5.99. The lowest BCUT2D eigenvalue weighted by Crippen LogP contribution is -2.39. The summed E-state index contributed by atoms with van der Waals surface area (Å²) in [7, 11) is 0. The highest BCUT2D eigenvalue weighted by Gasteiger charge is 2.25. The number of anilines is 2. The zero-order chi connectivity index (χ0) is 25.3. The molecule has 7 nitrogen and oxygen atoms in total. The van der Waals surface area contributed by atoms with Crippen LogP contribution in [0.2, 0.25) is 0 Å². The Kier molecular flexibility index (Phi) is 8.44. The van der Waals surface area contributed by atoms with E-state index < -0.39 is 0 Å². The largest absolute Gasteiger partial charge is 0.493 e. The monoisotopic (exact) mass is 488 g/mol. The van der Waals surface area contributed by atoms with Gasteiger partial charge in [0, 0.05) is 12.2 Å². The molecule has 7 heteroatoms. The molecule has 0 bridgehead atoms. The molecule has 2 amide bonds. The number of hydrogen-bond acceptors (Lipinski definition) is 5. The fourth-order valence-corrected chi connectivity index (χ4v) is 4.00. The quantitative estimate of drug-likeness (QED) is 0.377. The fourth-order valence-electron chi connectivity index (χ4n) is 4.00. The van der Waals surface area contributed by atoms with E-state index in [0.29, 0.717) is 36.0 Å². The molecule has 1 heterocycles. The summed E-state index contributed by atoms with van der Waals surface area (Å²) in [5, 5.41) is 2.85. The first-order valence-electron chi connectivity index (χ1n) is 12.3. The predicted molar refractivity (Wildman–Crippen MR) is 140 cm³/mol. The van der Waals surface area contributed by atoms with Crippen LogP contribution in [0.5, 0.6) is 17.2 Å². The molecule has 0 saturated heterocycles. The van der Waals surface area contributed by atoms with Gasteiger partial charge in [0.05, 0.1) is 12.3 Å². The number of carbonyl (C=O) groups is 2. The molecule has 3 aromatic rings. The lowest BCUT2D eigenvalue weighted by atomic mass is 10.2. The Balaban J connectivity index is 1.31. The standard InChI is InChI=1S/C29H32N2O5/c1-3-22-10-8-11-24(17-22)35-19-28(32)30-23-13-14-27-25(18-23)31(29(33)20-36-27)15-6-7-16-34-26-12-5-4-9-21(26)2/h4-5,8-14,17-18H,3,6-7,15-16,19-20H2,1-2H3,(H,30,32). The van der Waals surface area contributed by atoms with Crippen molar-refractivity contribution in [2.24, 2.45) is 0 Å². The second-order valence-corrected chi connectivity index (χ2v) is 8.68. The van der Waals surface area contributed by atoms with E-state index in [-0.39, 0.29) is 25.0 Å². The maximum absolute atomic E-state index is 12.6. The number of hydrogen-bond donors (Lipinski definition) is 1. The van der Waals surface area contributed by atoms with E-state index in [1.54, 1.807) is 23.1 Å². The molecule has 0 radical (unpaired) electrons. The molecule has 0 unspecified atom stereocenters. The van der Waals surface area contributed by atoms with Gasteiger partial charge in [0.15, 0.2) is 13.2 Å². The molecule has 0 atom stereocenters. The van der Waals surface area contributed by atoms with Crippen molar-refractivity contribution in [2.75, 3.05) is 36.6 Å². The van der Waals surface area contributed by atoms with Crippen molar-refractivity contribution in [3.8, 4) is 17.2 Å². The van der Waals surface area contributed by atoms with Crippen molar-refractivity contribution in [1.29, 1.82) is 0 Å². The van der Waals surface area contributed by atoms with Gasteiger partial charge in [0.2, 0.25) is 0 Å². The Morgan fingerprint density at radius 1 is 1.03 bits per heavy atom. The van der Waals surface area contributed by atoms with Gasteiger partial charge < -0.3 is 24.4 Å². The molecule has 0 spiro atoms. The first kappa shape index (κ1) is 25.1. The van der Waals surface area contributed by atoms with Crippen LogP contribution in [-0.4, -0.2) is 38.2 Å². The highest BCUT2D eigenvalue weighted by molar-refractivity contribution is 5.99. The van der Waals surface area contributed by atoms with Gasteiger partial charge in [-0.2, -0.15) is 0 Å². The van der Waals surface area contributed by atoms with E-state index in [4.69, 9.17) is 14.2 Å². The number of para-hydroxylation sites is 1. The minimum atomic E-state index is -0.278. The van der Waals surface area contributed by atoms with Crippen molar-refractivity contribution >= 4 is 23.2 Å². The molecular formula is C29H32N2O5. The van der Waals surface area contributed by atoms with E-state index in [2.05, 4.69) is 12.2 Å². The first-order chi connectivity index (χ1) is 17.5. The molecule has 36 heavy (non-hydrogen) atoms. The molecule has 4 rings (SSSR count). The van der Waals surface area contributed by atoms with Gasteiger partial charge in [0.25, 0.3) is 11.8 Å². The van der Waals surface area contributed by atoms with Crippen LogP contribution in [0.3, 0.4) is 0 Å². The van der Waals surface area contributed by atoms with Crippen molar-refractivity contribution in [2.45, 2.75) is 33.1 Å². The predicted octanol–water partition coefficient (Wildman–Crippen LogP) is 5.16. The molecule has 0 fully saturated rings. The summed E-state index contributed by atoms with van der Waals surface area (Å²) >= 11 is 0. The second-order valence-electron chi connectivity index (χ2n) is 8.68. The first-order valence-corrected chi connectivity index (χ1v) is 12.3. The van der Waals surface area contributed by atoms with Crippen molar-refractivity contribution in [3.63, 3.8) is 0 Å². The summed E-state index contributed by atoms with van der Waals surface area (Å²) in [6.07, 6.45) is 2.48. The molecule has 0 aromatic heterocycles. The smallest absolute Gasteiger partial charge is 0.265 e. The summed E-state index contributed by atoms with van der Waals surface area (Å²) in [6, 6.07) is 20.9. The number of rotatable bonds is 11. The third kappa shape index (κ3) is 6.56. The van der Waals surface area contributed by atoms with Crippen molar-refractivity contribution in [3.05, 3.63) is 77.9 Å². The number of nitrogens with one attached hydrogen (secondary N) is 1. The van der Waals surface area contributed by atoms with Crippen molar-refractivity contribution < 1.29 is 23.8 Å². The SMILES string of the molecule is CCc1cccc(OCC(=O)Nc2ccc3c(c2)N(CCCCOc2ccccc2C)C(=O)CO3)c1. The Bertz CT molecular complexity index is 1210. The number of unbranched alkanes of at least 4 members (excludes halogenated alkanes) is 1. The zero-order valence-corrected chi connectivity index (χ0v) is 20.8. The summed E-state index contributed by atoms with van der Waals surface area (Å²) in [5.74, 6) is 1.78. The minimum Gasteiger partial charge on any atom is -0.493 e. The van der Waals surface area contributed by atoms with Crippen LogP contribution in [-0.2, 0) is 16.0 Å². The normalized spacial score (nSPS) is 12.5. The van der Waals surface area contributed by atoms with E-state index in [0.717, 1.165) is 36.1 Å². The van der Waals surface area contributed by atoms with Crippen molar-refractivity contribution in [1.82, 2.24) is 0 Å². The summed E-state index contributed by atoms with van der Waals surface area (Å²) in [5.41, 5.74) is 3.48. The second kappa shape index (κ2) is 12.1. The molecule has 188 valence electrons. The minimum absolute atomic E-state index is 0.00306. The van der Waals surface area contributed by atoms with Crippen LogP contribution in [0.15, 0.2) is 66.7 Å². The Hall–Kier alpha value is -4.00. The molecule has 1 aliphatic rings. The molecule has 0 aliphatic carbocycles. The molecular weight excluding hydrogens is 456 g/mol. The molecule has 0 saturated carbocycles. The van der Waals surface area contributed by atoms with E-state index >= 15 is 0 Å². The number of ether oxygens (including phenoxy) is 3. The van der Waals surface area contributed by atoms with Crippen LogP contribution in [0, 0.1) is 6.92 Å². The summed E-state index contributed by atoms with van der Waals surface area (Å²) in [4.78, 5) is 26.8. The zero-order valence-electron chi connectivity index (χ0n) is 20.8. The number of fused-ring (bicyclic) bond motifs is 1. The van der Waals surface area contributed by atoms with Gasteiger partial charge in [0.1, 0.15) is 17.2 Å². The molecule has 3 aromatic carbocycles. The average Bonchev–Trinajstić information content (AvgIpc) is 2.89. The Labute approximate surface area is 212 Å². The Morgan fingerprint density at radius 2 is 1.89 bits per heavy atom. The van der Waals surface area contributed by atoms with Gasteiger partial charge >= 0.3 is 0 Å². The topological polar surface area (TPSA) is 77.1 Å². The molecule has 1 aliphatic heterocycles. The van der Waals surface area contributed by atoms with Gasteiger partial charge in [-0.05, 0) is 73.7 Å². The number of benzene rings is 3. The average molecular weight is 489 g/mol. The van der Waals surface area contributed by atoms with E-state index in [1.807, 2.05) is 55.5 Å². The maximum Gasteiger partial charge on any atom is 0.265 e.